The van der Waals surface area contributed by atoms with Crippen molar-refractivity contribution in [3.05, 3.63) is 64.2 Å². The first-order chi connectivity index (χ1) is 12.7. The number of hydrogen-bond donors (Lipinski definition) is 1. The summed E-state index contributed by atoms with van der Waals surface area (Å²) in [7, 11) is 0. The Morgan fingerprint density at radius 2 is 1.96 bits per heavy atom. The van der Waals surface area contributed by atoms with Crippen molar-refractivity contribution in [1.82, 2.24) is 10.2 Å². The fourth-order valence-corrected chi connectivity index (χ4v) is 2.60. The van der Waals surface area contributed by atoms with E-state index in [0.29, 0.717) is 32.1 Å². The standard InChI is InChI=1S/C19H22N2O5/c22-17-10-16(12-21-6-8-24-9-7-21)25-13-18(17)26-14-19(23)20-11-15-4-2-1-3-5-15/h1-5,10,13H,6-9,11-12,14H2,(H,20,23). The monoisotopic (exact) mass is 358 g/mol. The van der Waals surface area contributed by atoms with E-state index < -0.39 is 0 Å². The Morgan fingerprint density at radius 1 is 1.19 bits per heavy atom. The van der Waals surface area contributed by atoms with Crippen LogP contribution in [0.5, 0.6) is 5.75 Å². The van der Waals surface area contributed by atoms with Gasteiger partial charge in [0.2, 0.25) is 11.2 Å². The van der Waals surface area contributed by atoms with Gasteiger partial charge < -0.3 is 19.2 Å². The fraction of sp³-hybridized carbons (Fsp3) is 0.368. The molecule has 1 saturated heterocycles. The molecule has 1 aromatic carbocycles. The largest absolute Gasteiger partial charge is 0.477 e. The van der Waals surface area contributed by atoms with E-state index in [2.05, 4.69) is 10.2 Å². The predicted molar refractivity (Wildman–Crippen MR) is 94.9 cm³/mol. The lowest BCUT2D eigenvalue weighted by atomic mass is 10.2. The van der Waals surface area contributed by atoms with Gasteiger partial charge in [0.05, 0.1) is 19.8 Å². The van der Waals surface area contributed by atoms with E-state index in [1.54, 1.807) is 0 Å². The van der Waals surface area contributed by atoms with E-state index in [-0.39, 0.29) is 23.7 Å². The van der Waals surface area contributed by atoms with Crippen LogP contribution < -0.4 is 15.5 Å². The number of hydrogen-bond acceptors (Lipinski definition) is 6. The molecular weight excluding hydrogens is 336 g/mol. The quantitative estimate of drug-likeness (QED) is 0.800. The van der Waals surface area contributed by atoms with Crippen LogP contribution in [0.2, 0.25) is 0 Å². The number of carbonyl (C=O) groups excluding carboxylic acids is 1. The van der Waals surface area contributed by atoms with Gasteiger partial charge in [0.1, 0.15) is 12.0 Å². The van der Waals surface area contributed by atoms with E-state index in [0.717, 1.165) is 18.7 Å². The van der Waals surface area contributed by atoms with Crippen molar-refractivity contribution in [2.24, 2.45) is 0 Å². The van der Waals surface area contributed by atoms with Gasteiger partial charge in [-0.15, -0.1) is 0 Å². The lowest BCUT2D eigenvalue weighted by Gasteiger charge is -2.25. The molecule has 2 heterocycles. The zero-order valence-electron chi connectivity index (χ0n) is 14.5. The molecular formula is C19H22N2O5. The number of ether oxygens (including phenoxy) is 2. The van der Waals surface area contributed by atoms with Gasteiger partial charge in [0.15, 0.2) is 6.61 Å². The van der Waals surface area contributed by atoms with Crippen LogP contribution in [-0.2, 0) is 22.6 Å². The molecule has 7 nitrogen and oxygen atoms in total. The van der Waals surface area contributed by atoms with Crippen LogP contribution in [-0.4, -0.2) is 43.7 Å². The summed E-state index contributed by atoms with van der Waals surface area (Å²) in [6.45, 7) is 3.72. The lowest BCUT2D eigenvalue weighted by molar-refractivity contribution is -0.123. The average molecular weight is 358 g/mol. The van der Waals surface area contributed by atoms with Crippen molar-refractivity contribution in [3.63, 3.8) is 0 Å². The minimum absolute atomic E-state index is 0.0330. The number of rotatable bonds is 7. The molecule has 3 rings (SSSR count). The Bertz CT molecular complexity index is 769. The minimum atomic E-state index is -0.300. The molecule has 0 unspecified atom stereocenters. The second-order valence-corrected chi connectivity index (χ2v) is 6.01. The molecule has 1 fully saturated rings. The first-order valence-electron chi connectivity index (χ1n) is 8.56. The molecule has 26 heavy (non-hydrogen) atoms. The molecule has 0 aliphatic carbocycles. The number of nitrogens with one attached hydrogen (secondary N) is 1. The summed E-state index contributed by atoms with van der Waals surface area (Å²) >= 11 is 0. The van der Waals surface area contributed by atoms with Gasteiger partial charge in [0, 0.05) is 25.7 Å². The van der Waals surface area contributed by atoms with Crippen LogP contribution in [0.4, 0.5) is 0 Å². The number of morpholine rings is 1. The summed E-state index contributed by atoms with van der Waals surface area (Å²) in [5.41, 5.74) is 0.697. The molecule has 0 atom stereocenters. The zero-order valence-corrected chi connectivity index (χ0v) is 14.5. The van der Waals surface area contributed by atoms with Crippen molar-refractivity contribution in [2.75, 3.05) is 32.9 Å². The Morgan fingerprint density at radius 3 is 2.69 bits per heavy atom. The number of amides is 1. The van der Waals surface area contributed by atoms with Crippen LogP contribution in [0.1, 0.15) is 11.3 Å². The smallest absolute Gasteiger partial charge is 0.258 e. The molecule has 1 aliphatic rings. The van der Waals surface area contributed by atoms with E-state index in [1.807, 2.05) is 30.3 Å². The highest BCUT2D eigenvalue weighted by atomic mass is 16.5. The maximum Gasteiger partial charge on any atom is 0.258 e. The van der Waals surface area contributed by atoms with Gasteiger partial charge in [-0.25, -0.2) is 0 Å². The van der Waals surface area contributed by atoms with Gasteiger partial charge in [0.25, 0.3) is 5.91 Å². The number of nitrogens with zero attached hydrogens (tertiary/aromatic N) is 1. The second-order valence-electron chi connectivity index (χ2n) is 6.01. The SMILES string of the molecule is O=C(COc1coc(CN2CCOCC2)cc1=O)NCc1ccccc1. The van der Waals surface area contributed by atoms with Gasteiger partial charge in [-0.1, -0.05) is 30.3 Å². The highest BCUT2D eigenvalue weighted by Gasteiger charge is 2.13. The fourth-order valence-electron chi connectivity index (χ4n) is 2.60. The molecule has 1 aromatic heterocycles. The van der Waals surface area contributed by atoms with Crippen LogP contribution in [0.3, 0.4) is 0 Å². The van der Waals surface area contributed by atoms with Crippen LogP contribution in [0.15, 0.2) is 51.9 Å². The van der Waals surface area contributed by atoms with E-state index in [9.17, 15) is 9.59 Å². The molecule has 138 valence electrons. The first kappa shape index (κ1) is 18.2. The molecule has 0 radical (unpaired) electrons. The van der Waals surface area contributed by atoms with Crippen molar-refractivity contribution in [3.8, 4) is 5.75 Å². The average Bonchev–Trinajstić information content (AvgIpc) is 2.67. The van der Waals surface area contributed by atoms with E-state index in [1.165, 1.54) is 12.3 Å². The highest BCUT2D eigenvalue weighted by Crippen LogP contribution is 2.09. The van der Waals surface area contributed by atoms with E-state index >= 15 is 0 Å². The Kier molecular flexibility index (Phi) is 6.40. The normalized spacial score (nSPS) is 14.8. The first-order valence-corrected chi connectivity index (χ1v) is 8.56. The molecule has 1 amide bonds. The van der Waals surface area contributed by atoms with Crippen molar-refractivity contribution in [2.45, 2.75) is 13.1 Å². The van der Waals surface area contributed by atoms with Crippen molar-refractivity contribution < 1.29 is 18.7 Å². The topological polar surface area (TPSA) is 81.0 Å². The number of carbonyl (C=O) groups is 1. The summed E-state index contributed by atoms with van der Waals surface area (Å²) in [5.74, 6) is 0.300. The molecule has 0 spiro atoms. The molecule has 0 saturated carbocycles. The van der Waals surface area contributed by atoms with Crippen LogP contribution >= 0.6 is 0 Å². The molecule has 1 aliphatic heterocycles. The van der Waals surface area contributed by atoms with Crippen LogP contribution in [0.25, 0.3) is 0 Å². The second kappa shape index (κ2) is 9.17. The third-order valence-electron chi connectivity index (χ3n) is 4.03. The Labute approximate surface area is 151 Å². The lowest BCUT2D eigenvalue weighted by Crippen LogP contribution is -2.35. The third-order valence-corrected chi connectivity index (χ3v) is 4.03. The maximum atomic E-state index is 12.1. The summed E-state index contributed by atoms with van der Waals surface area (Å²) in [6.07, 6.45) is 1.27. The van der Waals surface area contributed by atoms with Gasteiger partial charge >= 0.3 is 0 Å². The highest BCUT2D eigenvalue weighted by molar-refractivity contribution is 5.77. The summed E-state index contributed by atoms with van der Waals surface area (Å²) in [5, 5.41) is 2.74. The van der Waals surface area contributed by atoms with E-state index in [4.69, 9.17) is 13.9 Å². The van der Waals surface area contributed by atoms with Crippen molar-refractivity contribution in [1.29, 1.82) is 0 Å². The Balaban J connectivity index is 1.47. The number of benzene rings is 1. The van der Waals surface area contributed by atoms with Gasteiger partial charge in [-0.05, 0) is 5.56 Å². The molecule has 2 aromatic rings. The minimum Gasteiger partial charge on any atom is -0.477 e. The summed E-state index contributed by atoms with van der Waals surface area (Å²) in [4.78, 5) is 26.1. The molecule has 1 N–H and O–H groups in total. The van der Waals surface area contributed by atoms with Gasteiger partial charge in [-0.2, -0.15) is 0 Å². The maximum absolute atomic E-state index is 12.1. The molecule has 7 heteroatoms. The van der Waals surface area contributed by atoms with Crippen LogP contribution in [0, 0.1) is 0 Å². The Hall–Kier alpha value is -2.64. The predicted octanol–water partition coefficient (Wildman–Crippen LogP) is 1.17. The zero-order chi connectivity index (χ0) is 18.2. The third kappa shape index (κ3) is 5.44. The summed E-state index contributed by atoms with van der Waals surface area (Å²) in [6, 6.07) is 11.0. The molecule has 0 bridgehead atoms. The van der Waals surface area contributed by atoms with Crippen molar-refractivity contribution >= 4 is 5.91 Å². The summed E-state index contributed by atoms with van der Waals surface area (Å²) < 4.78 is 16.0. The van der Waals surface area contributed by atoms with Gasteiger partial charge in [-0.3, -0.25) is 14.5 Å².